The van der Waals surface area contributed by atoms with Gasteiger partial charge in [0.2, 0.25) is 11.8 Å². The molecule has 150 valence electrons. The maximum absolute atomic E-state index is 11.9. The number of methoxy groups -OCH3 is 1. The highest BCUT2D eigenvalue weighted by atomic mass is 16.5. The number of carbonyl (C=O) groups is 3. The van der Waals surface area contributed by atoms with Crippen molar-refractivity contribution in [2.24, 2.45) is 5.73 Å². The SMILES string of the molecule is COCCOCC(=O)NC(CCCCNC(=O)c1ccc(N)cc1)C(N)=O. The van der Waals surface area contributed by atoms with Crippen LogP contribution in [0.3, 0.4) is 0 Å². The number of hydrogen-bond acceptors (Lipinski definition) is 6. The van der Waals surface area contributed by atoms with Gasteiger partial charge in [0.15, 0.2) is 0 Å². The van der Waals surface area contributed by atoms with Crippen LogP contribution in [0.25, 0.3) is 0 Å². The fourth-order valence-electron chi connectivity index (χ4n) is 2.24. The van der Waals surface area contributed by atoms with E-state index < -0.39 is 17.9 Å². The van der Waals surface area contributed by atoms with Gasteiger partial charge in [0.05, 0.1) is 13.2 Å². The van der Waals surface area contributed by atoms with E-state index in [1.54, 1.807) is 24.3 Å². The summed E-state index contributed by atoms with van der Waals surface area (Å²) >= 11 is 0. The normalized spacial score (nSPS) is 11.6. The van der Waals surface area contributed by atoms with E-state index in [2.05, 4.69) is 10.6 Å². The highest BCUT2D eigenvalue weighted by Gasteiger charge is 2.17. The van der Waals surface area contributed by atoms with Crippen LogP contribution in [0.4, 0.5) is 5.69 Å². The first-order chi connectivity index (χ1) is 12.9. The van der Waals surface area contributed by atoms with Crippen LogP contribution < -0.4 is 22.1 Å². The van der Waals surface area contributed by atoms with Crippen LogP contribution in [0.1, 0.15) is 29.6 Å². The Morgan fingerprint density at radius 1 is 1.11 bits per heavy atom. The van der Waals surface area contributed by atoms with Gasteiger partial charge in [-0.3, -0.25) is 14.4 Å². The van der Waals surface area contributed by atoms with E-state index in [-0.39, 0.29) is 12.5 Å². The molecule has 1 aromatic rings. The molecule has 0 aliphatic carbocycles. The molecule has 0 bridgehead atoms. The standard InChI is InChI=1S/C18H28N4O5/c1-26-10-11-27-12-16(23)22-15(17(20)24)4-2-3-9-21-18(25)13-5-7-14(19)8-6-13/h5-8,15H,2-4,9-12,19H2,1H3,(H2,20,24)(H,21,25)(H,22,23). The van der Waals surface area contributed by atoms with Gasteiger partial charge in [-0.25, -0.2) is 0 Å². The monoisotopic (exact) mass is 380 g/mol. The molecule has 1 unspecified atom stereocenters. The first-order valence-corrected chi connectivity index (χ1v) is 8.73. The van der Waals surface area contributed by atoms with Crippen molar-refractivity contribution in [3.8, 4) is 0 Å². The third kappa shape index (κ3) is 9.57. The second kappa shape index (κ2) is 12.7. The summed E-state index contributed by atoms with van der Waals surface area (Å²) in [7, 11) is 1.53. The molecule has 9 nitrogen and oxygen atoms in total. The largest absolute Gasteiger partial charge is 0.399 e. The topological polar surface area (TPSA) is 146 Å². The molecule has 1 aromatic carbocycles. The summed E-state index contributed by atoms with van der Waals surface area (Å²) in [6.07, 6.45) is 1.64. The average molecular weight is 380 g/mol. The van der Waals surface area contributed by atoms with Crippen molar-refractivity contribution in [1.82, 2.24) is 10.6 Å². The van der Waals surface area contributed by atoms with Crippen molar-refractivity contribution in [2.45, 2.75) is 25.3 Å². The molecule has 0 aliphatic heterocycles. The zero-order valence-corrected chi connectivity index (χ0v) is 15.5. The van der Waals surface area contributed by atoms with Gasteiger partial charge in [-0.05, 0) is 43.5 Å². The number of anilines is 1. The summed E-state index contributed by atoms with van der Waals surface area (Å²) in [5.74, 6) is -1.21. The zero-order chi connectivity index (χ0) is 20.1. The predicted molar refractivity (Wildman–Crippen MR) is 101 cm³/mol. The number of nitrogens with two attached hydrogens (primary N) is 2. The molecule has 0 saturated heterocycles. The lowest BCUT2D eigenvalue weighted by molar-refractivity contribution is -0.130. The lowest BCUT2D eigenvalue weighted by atomic mass is 10.1. The van der Waals surface area contributed by atoms with Gasteiger partial charge in [-0.2, -0.15) is 0 Å². The van der Waals surface area contributed by atoms with Crippen molar-refractivity contribution in [1.29, 1.82) is 0 Å². The molecule has 0 radical (unpaired) electrons. The summed E-state index contributed by atoms with van der Waals surface area (Å²) in [6, 6.07) is 5.86. The van der Waals surface area contributed by atoms with E-state index in [4.69, 9.17) is 20.9 Å². The lowest BCUT2D eigenvalue weighted by Gasteiger charge is -2.15. The highest BCUT2D eigenvalue weighted by Crippen LogP contribution is 2.05. The molecule has 1 rings (SSSR count). The maximum atomic E-state index is 11.9. The van der Waals surface area contributed by atoms with Crippen LogP contribution in [0.5, 0.6) is 0 Å². The van der Waals surface area contributed by atoms with Crippen LogP contribution in [0, 0.1) is 0 Å². The van der Waals surface area contributed by atoms with Crippen molar-refractivity contribution in [3.63, 3.8) is 0 Å². The number of nitrogen functional groups attached to an aromatic ring is 1. The van der Waals surface area contributed by atoms with Gasteiger partial charge in [-0.15, -0.1) is 0 Å². The Kier molecular flexibility index (Phi) is 10.5. The fourth-order valence-corrected chi connectivity index (χ4v) is 2.24. The quantitative estimate of drug-likeness (QED) is 0.275. The second-order valence-electron chi connectivity index (χ2n) is 5.94. The summed E-state index contributed by atoms with van der Waals surface area (Å²) in [6.45, 7) is 0.959. The van der Waals surface area contributed by atoms with E-state index in [9.17, 15) is 14.4 Å². The molecule has 0 aromatic heterocycles. The Hall–Kier alpha value is -2.65. The Balaban J connectivity index is 2.24. The third-order valence-corrected chi connectivity index (χ3v) is 3.72. The second-order valence-corrected chi connectivity index (χ2v) is 5.94. The zero-order valence-electron chi connectivity index (χ0n) is 15.5. The molecule has 27 heavy (non-hydrogen) atoms. The molecule has 6 N–H and O–H groups in total. The van der Waals surface area contributed by atoms with Crippen LogP contribution in [-0.2, 0) is 19.1 Å². The van der Waals surface area contributed by atoms with Crippen molar-refractivity contribution < 1.29 is 23.9 Å². The number of unbranched alkanes of at least 4 members (excludes halogenated alkanes) is 1. The van der Waals surface area contributed by atoms with Crippen LogP contribution in [0.15, 0.2) is 24.3 Å². The van der Waals surface area contributed by atoms with Crippen LogP contribution in [-0.4, -0.2) is 57.2 Å². The molecule has 0 spiro atoms. The Morgan fingerprint density at radius 3 is 2.44 bits per heavy atom. The van der Waals surface area contributed by atoms with E-state index >= 15 is 0 Å². The summed E-state index contributed by atoms with van der Waals surface area (Å²) < 4.78 is 9.89. The molecular formula is C18H28N4O5. The minimum atomic E-state index is -0.767. The van der Waals surface area contributed by atoms with E-state index in [1.165, 1.54) is 7.11 Å². The Bertz CT molecular complexity index is 606. The number of primary amides is 1. The molecule has 0 heterocycles. The number of nitrogens with one attached hydrogen (secondary N) is 2. The van der Waals surface area contributed by atoms with Gasteiger partial charge in [0.25, 0.3) is 5.91 Å². The average Bonchev–Trinajstić information content (AvgIpc) is 2.64. The molecule has 0 fully saturated rings. The van der Waals surface area contributed by atoms with Gasteiger partial charge in [-0.1, -0.05) is 0 Å². The minimum Gasteiger partial charge on any atom is -0.399 e. The van der Waals surface area contributed by atoms with Gasteiger partial charge < -0.3 is 31.6 Å². The third-order valence-electron chi connectivity index (χ3n) is 3.72. The first kappa shape index (κ1) is 22.4. The summed E-state index contributed by atoms with van der Waals surface area (Å²) in [4.78, 5) is 35.1. The van der Waals surface area contributed by atoms with Gasteiger partial charge >= 0.3 is 0 Å². The fraction of sp³-hybridized carbons (Fsp3) is 0.500. The van der Waals surface area contributed by atoms with Crippen LogP contribution >= 0.6 is 0 Å². The van der Waals surface area contributed by atoms with Crippen LogP contribution in [0.2, 0.25) is 0 Å². The Morgan fingerprint density at radius 2 is 1.81 bits per heavy atom. The maximum Gasteiger partial charge on any atom is 0.251 e. The lowest BCUT2D eigenvalue weighted by Crippen LogP contribution is -2.45. The van der Waals surface area contributed by atoms with E-state index in [0.717, 1.165) is 0 Å². The van der Waals surface area contributed by atoms with Gasteiger partial charge in [0, 0.05) is 24.9 Å². The molecule has 3 amide bonds. The van der Waals surface area contributed by atoms with Gasteiger partial charge in [0.1, 0.15) is 12.6 Å². The van der Waals surface area contributed by atoms with E-state index in [1.807, 2.05) is 0 Å². The number of hydrogen-bond donors (Lipinski definition) is 4. The number of amides is 3. The first-order valence-electron chi connectivity index (χ1n) is 8.73. The number of ether oxygens (including phenoxy) is 2. The summed E-state index contributed by atoms with van der Waals surface area (Å²) in [5.41, 5.74) is 12.0. The summed E-state index contributed by atoms with van der Waals surface area (Å²) in [5, 5.41) is 5.33. The number of carbonyl (C=O) groups excluding carboxylic acids is 3. The van der Waals surface area contributed by atoms with E-state index in [0.29, 0.717) is 50.3 Å². The molecular weight excluding hydrogens is 352 g/mol. The smallest absolute Gasteiger partial charge is 0.251 e. The van der Waals surface area contributed by atoms with Crippen molar-refractivity contribution in [3.05, 3.63) is 29.8 Å². The molecule has 9 heteroatoms. The highest BCUT2D eigenvalue weighted by molar-refractivity contribution is 5.94. The minimum absolute atomic E-state index is 0.162. The van der Waals surface area contributed by atoms with Crippen molar-refractivity contribution in [2.75, 3.05) is 39.2 Å². The van der Waals surface area contributed by atoms with Crippen molar-refractivity contribution >= 4 is 23.4 Å². The number of benzene rings is 1. The predicted octanol–water partition coefficient (Wildman–Crippen LogP) is -0.198. The molecule has 0 saturated carbocycles. The Labute approximate surface area is 158 Å². The number of rotatable bonds is 13. The molecule has 0 aliphatic rings. The molecule has 1 atom stereocenters.